The number of allylic oxidation sites excluding steroid dienone is 2. The van der Waals surface area contributed by atoms with E-state index in [0.29, 0.717) is 6.42 Å². The fourth-order valence-electron chi connectivity index (χ4n) is 0.567. The van der Waals surface area contributed by atoms with Crippen LogP contribution in [0.25, 0.3) is 0 Å². The van der Waals surface area contributed by atoms with Crippen LogP contribution >= 0.6 is 0 Å². The smallest absolute Gasteiger partial charge is 0.294 e. The van der Waals surface area contributed by atoms with Crippen molar-refractivity contribution in [3.63, 3.8) is 0 Å². The maximum Gasteiger partial charge on any atom is 0.450 e. The highest BCUT2D eigenvalue weighted by molar-refractivity contribution is 6.06. The number of ketones is 2. The van der Waals surface area contributed by atoms with Crippen molar-refractivity contribution in [2.45, 2.75) is 25.9 Å². The largest absolute Gasteiger partial charge is 0.450 e. The number of carbonyl (C=O) groups is 2. The number of halogens is 3. The van der Waals surface area contributed by atoms with E-state index in [1.165, 1.54) is 6.08 Å². The van der Waals surface area contributed by atoms with Crippen LogP contribution < -0.4 is 0 Å². The maximum absolute atomic E-state index is 11.6. The Morgan fingerprint density at radius 3 is 2.23 bits per heavy atom. The van der Waals surface area contributed by atoms with Gasteiger partial charge in [0.25, 0.3) is 0 Å². The number of hydrogen-bond donors (Lipinski definition) is 0. The zero-order valence-corrected chi connectivity index (χ0v) is 7.02. The van der Waals surface area contributed by atoms with Gasteiger partial charge >= 0.3 is 6.18 Å². The van der Waals surface area contributed by atoms with Crippen LogP contribution in [0.2, 0.25) is 0 Å². The summed E-state index contributed by atoms with van der Waals surface area (Å²) in [5, 5.41) is 0. The molecule has 2 nitrogen and oxygen atoms in total. The lowest BCUT2D eigenvalue weighted by molar-refractivity contribution is -0.171. The molecule has 0 aliphatic heterocycles. The van der Waals surface area contributed by atoms with Crippen molar-refractivity contribution in [1.29, 1.82) is 0 Å². The zero-order chi connectivity index (χ0) is 10.5. The molecule has 0 aromatic carbocycles. The van der Waals surface area contributed by atoms with Gasteiger partial charge < -0.3 is 0 Å². The van der Waals surface area contributed by atoms with Gasteiger partial charge in [0.05, 0.1) is 6.42 Å². The van der Waals surface area contributed by atoms with Crippen molar-refractivity contribution in [1.82, 2.24) is 0 Å². The molecule has 0 aromatic rings. The van der Waals surface area contributed by atoms with Crippen molar-refractivity contribution in [2.24, 2.45) is 0 Å². The van der Waals surface area contributed by atoms with E-state index in [4.69, 9.17) is 0 Å². The Balaban J connectivity index is 4.08. The number of hydrogen-bond acceptors (Lipinski definition) is 2. The van der Waals surface area contributed by atoms with E-state index in [1.54, 1.807) is 6.92 Å². The third-order valence-electron chi connectivity index (χ3n) is 1.19. The fourth-order valence-corrected chi connectivity index (χ4v) is 0.567. The number of carbonyl (C=O) groups excluding carboxylic acids is 2. The van der Waals surface area contributed by atoms with Gasteiger partial charge in [0.2, 0.25) is 5.78 Å². The van der Waals surface area contributed by atoms with Gasteiger partial charge in [-0.25, -0.2) is 0 Å². The molecule has 0 heterocycles. The SMILES string of the molecule is CCC=CC(=O)CC(=O)C(F)(F)F. The summed E-state index contributed by atoms with van der Waals surface area (Å²) in [4.78, 5) is 20.9. The van der Waals surface area contributed by atoms with E-state index in [1.807, 2.05) is 0 Å². The molecule has 0 fully saturated rings. The van der Waals surface area contributed by atoms with Crippen molar-refractivity contribution in [2.75, 3.05) is 0 Å². The van der Waals surface area contributed by atoms with E-state index >= 15 is 0 Å². The molecule has 13 heavy (non-hydrogen) atoms. The monoisotopic (exact) mass is 194 g/mol. The third kappa shape index (κ3) is 5.16. The van der Waals surface area contributed by atoms with Crippen LogP contribution in [-0.2, 0) is 9.59 Å². The molecule has 0 saturated heterocycles. The van der Waals surface area contributed by atoms with Crippen LogP contribution in [0, 0.1) is 0 Å². The van der Waals surface area contributed by atoms with Crippen molar-refractivity contribution >= 4 is 11.6 Å². The van der Waals surface area contributed by atoms with Gasteiger partial charge in [0.1, 0.15) is 0 Å². The first kappa shape index (κ1) is 11.9. The van der Waals surface area contributed by atoms with Gasteiger partial charge in [-0.3, -0.25) is 9.59 Å². The molecule has 0 rings (SSSR count). The Morgan fingerprint density at radius 1 is 1.31 bits per heavy atom. The summed E-state index contributed by atoms with van der Waals surface area (Å²) >= 11 is 0. The summed E-state index contributed by atoms with van der Waals surface area (Å²) in [6, 6.07) is 0. The Bertz CT molecular complexity index is 228. The van der Waals surface area contributed by atoms with Crippen molar-refractivity contribution < 1.29 is 22.8 Å². The standard InChI is InChI=1S/C8H9F3O2/c1-2-3-4-6(12)5-7(13)8(9,10)11/h3-4H,2,5H2,1H3. The van der Waals surface area contributed by atoms with E-state index < -0.39 is 24.2 Å². The Hall–Kier alpha value is -1.13. The quantitative estimate of drug-likeness (QED) is 0.507. The van der Waals surface area contributed by atoms with Gasteiger partial charge in [0.15, 0.2) is 5.78 Å². The summed E-state index contributed by atoms with van der Waals surface area (Å²) in [6.07, 6.45) is -3.06. The number of alkyl halides is 3. The van der Waals surface area contributed by atoms with Crippen LogP contribution in [0.4, 0.5) is 13.2 Å². The zero-order valence-electron chi connectivity index (χ0n) is 7.02. The summed E-state index contributed by atoms with van der Waals surface area (Å²) in [5.41, 5.74) is 0. The summed E-state index contributed by atoms with van der Waals surface area (Å²) in [5.74, 6) is -2.82. The van der Waals surface area contributed by atoms with E-state index in [9.17, 15) is 22.8 Å². The average Bonchev–Trinajstić information content (AvgIpc) is 1.99. The van der Waals surface area contributed by atoms with Crippen LogP contribution in [0.5, 0.6) is 0 Å². The minimum atomic E-state index is -4.91. The van der Waals surface area contributed by atoms with E-state index in [-0.39, 0.29) is 0 Å². The average molecular weight is 194 g/mol. The van der Waals surface area contributed by atoms with Crippen LogP contribution in [-0.4, -0.2) is 17.7 Å². The predicted molar refractivity (Wildman–Crippen MR) is 40.1 cm³/mol. The molecule has 0 N–H and O–H groups in total. The van der Waals surface area contributed by atoms with Crippen molar-refractivity contribution in [3.8, 4) is 0 Å². The van der Waals surface area contributed by atoms with Crippen LogP contribution in [0.1, 0.15) is 19.8 Å². The van der Waals surface area contributed by atoms with Gasteiger partial charge in [0, 0.05) is 0 Å². The molecule has 0 amide bonds. The molecule has 0 atom stereocenters. The van der Waals surface area contributed by atoms with E-state index in [0.717, 1.165) is 6.08 Å². The first-order valence-corrected chi connectivity index (χ1v) is 3.67. The Labute approximate surface area is 73.4 Å². The molecule has 0 radical (unpaired) electrons. The Morgan fingerprint density at radius 2 is 1.85 bits per heavy atom. The molecular formula is C8H9F3O2. The van der Waals surface area contributed by atoms with Gasteiger partial charge in [-0.15, -0.1) is 0 Å². The molecule has 0 spiro atoms. The molecule has 0 unspecified atom stereocenters. The number of rotatable bonds is 4. The predicted octanol–water partition coefficient (Wildman–Crippen LogP) is 2.04. The first-order valence-electron chi connectivity index (χ1n) is 3.67. The second-order valence-corrected chi connectivity index (χ2v) is 2.37. The highest BCUT2D eigenvalue weighted by Crippen LogP contribution is 2.17. The third-order valence-corrected chi connectivity index (χ3v) is 1.19. The van der Waals surface area contributed by atoms with Crippen LogP contribution in [0.15, 0.2) is 12.2 Å². The van der Waals surface area contributed by atoms with E-state index in [2.05, 4.69) is 0 Å². The topological polar surface area (TPSA) is 34.1 Å². The normalized spacial score (nSPS) is 12.0. The Kier molecular flexibility index (Phi) is 4.37. The molecule has 0 bridgehead atoms. The first-order chi connectivity index (χ1) is 5.88. The molecule has 0 saturated carbocycles. The minimum Gasteiger partial charge on any atom is -0.294 e. The molecule has 0 aromatic heterocycles. The summed E-state index contributed by atoms with van der Waals surface area (Å²) < 4.78 is 34.8. The second-order valence-electron chi connectivity index (χ2n) is 2.37. The fraction of sp³-hybridized carbons (Fsp3) is 0.500. The molecule has 0 aliphatic rings. The highest BCUT2D eigenvalue weighted by atomic mass is 19.4. The lowest BCUT2D eigenvalue weighted by atomic mass is 10.2. The maximum atomic E-state index is 11.6. The lowest BCUT2D eigenvalue weighted by Crippen LogP contribution is -2.24. The molecule has 5 heteroatoms. The van der Waals surface area contributed by atoms with Crippen LogP contribution in [0.3, 0.4) is 0 Å². The minimum absolute atomic E-state index is 0.548. The molecular weight excluding hydrogens is 185 g/mol. The van der Waals surface area contributed by atoms with Gasteiger partial charge in [-0.05, 0) is 12.5 Å². The summed E-state index contributed by atoms with van der Waals surface area (Å²) in [6.45, 7) is 1.73. The number of Topliss-reactive ketones (excluding diaryl/α,β-unsaturated/α-hetero) is 1. The summed E-state index contributed by atoms with van der Waals surface area (Å²) in [7, 11) is 0. The lowest BCUT2D eigenvalue weighted by Gasteiger charge is -2.01. The van der Waals surface area contributed by atoms with Crippen molar-refractivity contribution in [3.05, 3.63) is 12.2 Å². The molecule has 74 valence electrons. The van der Waals surface area contributed by atoms with Gasteiger partial charge in [-0.1, -0.05) is 13.0 Å². The second kappa shape index (κ2) is 4.79. The molecule has 0 aliphatic carbocycles. The van der Waals surface area contributed by atoms with Gasteiger partial charge in [-0.2, -0.15) is 13.2 Å². The highest BCUT2D eigenvalue weighted by Gasteiger charge is 2.38.